The normalized spacial score (nSPS) is 17.8. The summed E-state index contributed by atoms with van der Waals surface area (Å²) in [4.78, 5) is 21.3. The van der Waals surface area contributed by atoms with Crippen molar-refractivity contribution in [3.63, 3.8) is 0 Å². The topological polar surface area (TPSA) is 92.0 Å². The molecule has 187 valence electrons. The van der Waals surface area contributed by atoms with Crippen molar-refractivity contribution in [1.29, 1.82) is 0 Å². The van der Waals surface area contributed by atoms with Gasteiger partial charge in [0.2, 0.25) is 0 Å². The smallest absolute Gasteiger partial charge is 0.661 e. The van der Waals surface area contributed by atoms with Crippen LogP contribution in [0.2, 0.25) is 0 Å². The van der Waals surface area contributed by atoms with E-state index in [-0.39, 0.29) is 16.8 Å². The first-order valence-corrected chi connectivity index (χ1v) is 12.4. The van der Waals surface area contributed by atoms with E-state index in [9.17, 15) is 0 Å². The predicted molar refractivity (Wildman–Crippen MR) is 138 cm³/mol. The van der Waals surface area contributed by atoms with Crippen LogP contribution in [0.5, 0.6) is 0 Å². The fourth-order valence-electron chi connectivity index (χ4n) is 4.58. The summed E-state index contributed by atoms with van der Waals surface area (Å²) in [6.45, 7) is 9.11. The summed E-state index contributed by atoms with van der Waals surface area (Å²) in [5.41, 5.74) is 4.27. The van der Waals surface area contributed by atoms with Crippen LogP contribution in [-0.2, 0) is 29.9 Å². The van der Waals surface area contributed by atoms with Gasteiger partial charge in [0.1, 0.15) is 11.6 Å². The molecular formula is C26H34CoN8. The maximum Gasteiger partial charge on any atom is 2.00 e. The van der Waals surface area contributed by atoms with Crippen molar-refractivity contribution in [2.45, 2.75) is 25.9 Å². The van der Waals surface area contributed by atoms with E-state index < -0.39 is 0 Å². The van der Waals surface area contributed by atoms with Gasteiger partial charge in [0.15, 0.2) is 0 Å². The first-order chi connectivity index (χ1) is 16.8. The molecular weight excluding hydrogens is 483 g/mol. The van der Waals surface area contributed by atoms with Gasteiger partial charge in [0.05, 0.1) is 35.2 Å². The van der Waals surface area contributed by atoms with E-state index in [0.717, 1.165) is 112 Å². The van der Waals surface area contributed by atoms with Crippen LogP contribution in [0.1, 0.15) is 24.5 Å². The molecule has 0 saturated carbocycles. The molecule has 2 aromatic carbocycles. The average Bonchev–Trinajstić information content (AvgIpc) is 3.45. The zero-order valence-electron chi connectivity index (χ0n) is 20.1. The Morgan fingerprint density at radius 3 is 1.54 bits per heavy atom. The molecule has 35 heavy (non-hydrogen) atoms. The van der Waals surface area contributed by atoms with E-state index in [4.69, 9.17) is 20.6 Å². The zero-order valence-corrected chi connectivity index (χ0v) is 21.2. The summed E-state index contributed by atoms with van der Waals surface area (Å²) in [7, 11) is 0. The zero-order chi connectivity index (χ0) is 23.0. The Balaban J connectivity index is 0.00000289. The molecule has 1 radical (unpaired) electrons. The van der Waals surface area contributed by atoms with Crippen molar-refractivity contribution in [2.75, 3.05) is 52.4 Å². The number of H-pyrrole nitrogens is 2. The first kappa shape index (κ1) is 25.8. The Morgan fingerprint density at radius 2 is 1.09 bits per heavy atom. The Kier molecular flexibility index (Phi) is 9.70. The molecule has 8 nitrogen and oxygen atoms in total. The van der Waals surface area contributed by atoms with Crippen LogP contribution in [-0.4, -0.2) is 82.1 Å². The van der Waals surface area contributed by atoms with Gasteiger partial charge < -0.3 is 20.6 Å². The van der Waals surface area contributed by atoms with Gasteiger partial charge in [0.25, 0.3) is 0 Å². The SMILES string of the molecule is [Co+2].c1ccc2[nH]c(CN3CCC[N-]CCN(Cc4nc5ccccc5[nH]4)CCC[N-]CC3)nc2c1. The van der Waals surface area contributed by atoms with Crippen molar-refractivity contribution in [3.05, 3.63) is 70.8 Å². The van der Waals surface area contributed by atoms with E-state index in [1.807, 2.05) is 24.3 Å². The van der Waals surface area contributed by atoms with Gasteiger partial charge in [-0.25, -0.2) is 9.97 Å². The van der Waals surface area contributed by atoms with Crippen molar-refractivity contribution in [3.8, 4) is 0 Å². The molecule has 0 aliphatic carbocycles. The number of hydrogen-bond donors (Lipinski definition) is 2. The number of rotatable bonds is 4. The van der Waals surface area contributed by atoms with Gasteiger partial charge in [-0.3, -0.25) is 9.80 Å². The van der Waals surface area contributed by atoms with Crippen LogP contribution in [0.15, 0.2) is 48.5 Å². The third-order valence-corrected chi connectivity index (χ3v) is 6.35. The molecule has 1 aliphatic heterocycles. The molecule has 0 unspecified atom stereocenters. The second kappa shape index (κ2) is 13.2. The second-order valence-electron chi connectivity index (χ2n) is 9.00. The summed E-state index contributed by atoms with van der Waals surface area (Å²) in [6.07, 6.45) is 2.12. The Hall–Kier alpha value is -2.27. The molecule has 1 aliphatic rings. The van der Waals surface area contributed by atoms with Crippen molar-refractivity contribution in [1.82, 2.24) is 29.7 Å². The molecule has 0 bridgehead atoms. The van der Waals surface area contributed by atoms with Gasteiger partial charge in [-0.2, -0.15) is 0 Å². The monoisotopic (exact) mass is 517 g/mol. The fraction of sp³-hybridized carbons (Fsp3) is 0.462. The number of para-hydroxylation sites is 4. The van der Waals surface area contributed by atoms with Gasteiger partial charge in [-0.15, -0.1) is 26.2 Å². The van der Waals surface area contributed by atoms with Crippen LogP contribution in [0.25, 0.3) is 32.7 Å². The third kappa shape index (κ3) is 7.36. The van der Waals surface area contributed by atoms with Gasteiger partial charge in [-0.1, -0.05) is 37.1 Å². The number of aromatic amines is 2. The maximum atomic E-state index is 4.82. The van der Waals surface area contributed by atoms with Gasteiger partial charge in [-0.05, 0) is 50.4 Å². The number of aromatic nitrogens is 4. The van der Waals surface area contributed by atoms with E-state index in [2.05, 4.69) is 44.0 Å². The minimum absolute atomic E-state index is 0. The van der Waals surface area contributed by atoms with Crippen LogP contribution >= 0.6 is 0 Å². The van der Waals surface area contributed by atoms with E-state index in [0.29, 0.717) is 0 Å². The standard InChI is InChI=1S/C26H34N8.Co/c1-2-8-22-21(7-1)29-25(30-22)19-33-15-5-11-28-14-18-34(16-6-12-27-13-17-33)20-26-31-23-9-3-4-10-24(23)32-26;/h1-4,7-10H,5-6,11-20H2,(H,29,30)(H,31,32);/q-2;+2. The number of nitrogens with one attached hydrogen (secondary N) is 2. The van der Waals surface area contributed by atoms with Crippen molar-refractivity contribution in [2.24, 2.45) is 0 Å². The summed E-state index contributed by atoms with van der Waals surface area (Å²) in [5, 5.41) is 9.65. The molecule has 5 rings (SSSR count). The van der Waals surface area contributed by atoms with Crippen molar-refractivity contribution < 1.29 is 16.8 Å². The largest absolute Gasteiger partial charge is 2.00 e. The van der Waals surface area contributed by atoms with Crippen LogP contribution < -0.4 is 0 Å². The molecule has 2 aromatic heterocycles. The summed E-state index contributed by atoms with van der Waals surface area (Å²) < 4.78 is 0. The van der Waals surface area contributed by atoms with Gasteiger partial charge in [0, 0.05) is 0 Å². The minimum Gasteiger partial charge on any atom is -0.661 e. The number of nitrogens with zero attached hydrogens (tertiary/aromatic N) is 6. The first-order valence-electron chi connectivity index (χ1n) is 12.4. The summed E-state index contributed by atoms with van der Waals surface area (Å²) in [5.74, 6) is 2.06. The van der Waals surface area contributed by atoms with E-state index in [1.54, 1.807) is 0 Å². The third-order valence-electron chi connectivity index (χ3n) is 6.35. The molecule has 9 heteroatoms. The minimum atomic E-state index is 0. The molecule has 1 fully saturated rings. The number of benzene rings is 2. The quantitative estimate of drug-likeness (QED) is 0.423. The van der Waals surface area contributed by atoms with Crippen molar-refractivity contribution >= 4 is 22.1 Å². The summed E-state index contributed by atoms with van der Waals surface area (Å²) in [6, 6.07) is 16.4. The average molecular weight is 518 g/mol. The number of fused-ring (bicyclic) bond motifs is 2. The molecule has 0 amide bonds. The molecule has 1 saturated heterocycles. The fourth-order valence-corrected chi connectivity index (χ4v) is 4.58. The molecule has 0 atom stereocenters. The summed E-state index contributed by atoms with van der Waals surface area (Å²) >= 11 is 0. The van der Waals surface area contributed by atoms with Crippen LogP contribution in [0, 0.1) is 0 Å². The Labute approximate surface area is 217 Å². The molecule has 4 aromatic rings. The number of hydrogen-bond acceptors (Lipinski definition) is 4. The molecule has 0 spiro atoms. The number of imidazole rings is 2. The van der Waals surface area contributed by atoms with Crippen LogP contribution in [0.3, 0.4) is 0 Å². The van der Waals surface area contributed by atoms with Gasteiger partial charge >= 0.3 is 16.8 Å². The molecule has 2 N–H and O–H groups in total. The van der Waals surface area contributed by atoms with E-state index in [1.165, 1.54) is 0 Å². The maximum absolute atomic E-state index is 4.82. The Morgan fingerprint density at radius 1 is 0.629 bits per heavy atom. The molecule has 3 heterocycles. The van der Waals surface area contributed by atoms with E-state index >= 15 is 0 Å². The van der Waals surface area contributed by atoms with Crippen LogP contribution in [0.4, 0.5) is 0 Å². The Bertz CT molecular complexity index is 998. The second-order valence-corrected chi connectivity index (χ2v) is 9.00. The predicted octanol–water partition coefficient (Wildman–Crippen LogP) is 4.28.